The average molecular weight is 706 g/mol. The molecule has 2 aliphatic heterocycles. The van der Waals surface area contributed by atoms with Crippen LogP contribution in [0.3, 0.4) is 0 Å². The molecular formula is C30H39N7O13. The number of nitrogens with two attached hydrogens (primary N) is 1. The molecule has 4 heterocycles. The van der Waals surface area contributed by atoms with Gasteiger partial charge in [0.05, 0.1) is 44.1 Å². The molecule has 2 aromatic rings. The molecule has 0 radical (unpaired) electrons. The molecule has 0 spiro atoms. The van der Waals surface area contributed by atoms with E-state index in [4.69, 9.17) is 34.9 Å². The van der Waals surface area contributed by atoms with Gasteiger partial charge in [0.25, 0.3) is 5.56 Å². The predicted octanol–water partition coefficient (Wildman–Crippen LogP) is -5.13. The number of aromatic nitrogens is 4. The Bertz CT molecular complexity index is 1790. The van der Waals surface area contributed by atoms with Gasteiger partial charge in [-0.25, -0.2) is 9.59 Å². The van der Waals surface area contributed by atoms with Gasteiger partial charge in [-0.05, 0) is 0 Å². The molecule has 0 aromatic carbocycles. The number of ether oxygens (including phenoxy) is 4. The first-order valence-corrected chi connectivity index (χ1v) is 15.0. The second-order valence-corrected chi connectivity index (χ2v) is 10.7. The molecule has 272 valence electrons. The molecule has 0 bridgehead atoms. The highest BCUT2D eigenvalue weighted by molar-refractivity contribution is 5.77. The number of methoxy groups -OCH3 is 2. The van der Waals surface area contributed by atoms with Crippen molar-refractivity contribution in [1.82, 2.24) is 29.7 Å². The lowest BCUT2D eigenvalue weighted by Gasteiger charge is -2.15. The number of H-pyrrole nitrogens is 1. The second kappa shape index (κ2) is 19.3. The van der Waals surface area contributed by atoms with Crippen LogP contribution < -0.4 is 33.3 Å². The van der Waals surface area contributed by atoms with Crippen LogP contribution in [-0.4, -0.2) is 129 Å². The first kappa shape index (κ1) is 39.5. The third kappa shape index (κ3) is 11.1. The smallest absolute Gasteiger partial charge is 0.351 e. The Hall–Kier alpha value is -4.90. The summed E-state index contributed by atoms with van der Waals surface area (Å²) in [6, 6.07) is 0. The summed E-state index contributed by atoms with van der Waals surface area (Å²) in [5, 5.41) is 41.7. The highest BCUT2D eigenvalue weighted by atomic mass is 16.6. The number of aromatic amines is 1. The summed E-state index contributed by atoms with van der Waals surface area (Å²) >= 11 is 0. The van der Waals surface area contributed by atoms with E-state index in [9.17, 15) is 34.2 Å². The van der Waals surface area contributed by atoms with E-state index in [1.165, 1.54) is 31.2 Å². The molecule has 6 atom stereocenters. The summed E-state index contributed by atoms with van der Waals surface area (Å²) in [6.07, 6.45) is -1.12. The molecule has 20 nitrogen and oxygen atoms in total. The van der Waals surface area contributed by atoms with E-state index in [2.05, 4.69) is 44.3 Å². The SMILES string of the molecule is COCC1OC(n2cc(C#CCNC(=O)CO)c(=O)[nH]c2=O)CC1O.COCC1OC(n2cc(C#CCNC(=O)CO)c(N)nc2=O)CC1O. The number of aliphatic hydroxyl groups excluding tert-OH is 4. The molecule has 9 N–H and O–H groups in total. The van der Waals surface area contributed by atoms with Crippen molar-refractivity contribution in [1.29, 1.82) is 0 Å². The van der Waals surface area contributed by atoms with Crippen molar-refractivity contribution in [2.24, 2.45) is 0 Å². The third-order valence-corrected chi connectivity index (χ3v) is 7.12. The zero-order valence-electron chi connectivity index (χ0n) is 27.2. The van der Waals surface area contributed by atoms with E-state index in [0.717, 1.165) is 4.57 Å². The van der Waals surface area contributed by atoms with Crippen LogP contribution in [0.2, 0.25) is 0 Å². The van der Waals surface area contributed by atoms with Crippen molar-refractivity contribution < 1.29 is 49.0 Å². The predicted molar refractivity (Wildman–Crippen MR) is 171 cm³/mol. The van der Waals surface area contributed by atoms with Crippen LogP contribution in [0, 0.1) is 23.7 Å². The summed E-state index contributed by atoms with van der Waals surface area (Å²) < 4.78 is 23.5. The fourth-order valence-electron chi connectivity index (χ4n) is 4.65. The fraction of sp³-hybridized carbons (Fsp3) is 0.533. The molecule has 2 amide bonds. The number of aliphatic hydroxyl groups is 4. The van der Waals surface area contributed by atoms with Gasteiger partial charge in [0.2, 0.25) is 11.8 Å². The van der Waals surface area contributed by atoms with E-state index in [1.54, 1.807) is 0 Å². The summed E-state index contributed by atoms with van der Waals surface area (Å²) in [6.45, 7) is -0.963. The van der Waals surface area contributed by atoms with E-state index in [1.807, 2.05) is 0 Å². The van der Waals surface area contributed by atoms with Gasteiger partial charge in [0.1, 0.15) is 49.3 Å². The maximum absolute atomic E-state index is 12.1. The van der Waals surface area contributed by atoms with Crippen molar-refractivity contribution in [3.8, 4) is 23.7 Å². The fourth-order valence-corrected chi connectivity index (χ4v) is 4.65. The summed E-state index contributed by atoms with van der Waals surface area (Å²) in [7, 11) is 2.96. The average Bonchev–Trinajstić information content (AvgIpc) is 3.64. The van der Waals surface area contributed by atoms with Crippen LogP contribution >= 0.6 is 0 Å². The quantitative estimate of drug-likeness (QED) is 0.107. The zero-order chi connectivity index (χ0) is 36.8. The minimum Gasteiger partial charge on any atom is -0.390 e. The number of nitrogen functional groups attached to an aromatic ring is 1. The Morgan fingerprint density at radius 1 is 0.900 bits per heavy atom. The monoisotopic (exact) mass is 705 g/mol. The van der Waals surface area contributed by atoms with Gasteiger partial charge in [-0.1, -0.05) is 23.7 Å². The number of anilines is 1. The first-order valence-electron chi connectivity index (χ1n) is 15.0. The van der Waals surface area contributed by atoms with Gasteiger partial charge < -0.3 is 55.7 Å². The number of rotatable bonds is 10. The highest BCUT2D eigenvalue weighted by Gasteiger charge is 2.36. The lowest BCUT2D eigenvalue weighted by molar-refractivity contribution is -0.124. The van der Waals surface area contributed by atoms with Crippen LogP contribution in [0.25, 0.3) is 0 Å². The van der Waals surface area contributed by atoms with Gasteiger partial charge in [-0.15, -0.1) is 0 Å². The molecular weight excluding hydrogens is 666 g/mol. The van der Waals surface area contributed by atoms with Crippen LogP contribution in [0.1, 0.15) is 36.4 Å². The summed E-state index contributed by atoms with van der Waals surface area (Å²) in [5.74, 6) is 9.23. The minimum absolute atomic E-state index is 0.00567. The lowest BCUT2D eigenvalue weighted by atomic mass is 10.2. The van der Waals surface area contributed by atoms with Gasteiger partial charge >= 0.3 is 11.4 Å². The number of carbonyl (C=O) groups excluding carboxylic acids is 2. The Kier molecular flexibility index (Phi) is 15.3. The number of amides is 2. The maximum Gasteiger partial charge on any atom is 0.351 e. The molecule has 0 saturated carbocycles. The molecule has 20 heteroatoms. The van der Waals surface area contributed by atoms with Crippen molar-refractivity contribution in [2.45, 2.75) is 49.7 Å². The molecule has 2 aromatic heterocycles. The van der Waals surface area contributed by atoms with Gasteiger partial charge in [0.15, 0.2) is 0 Å². The molecule has 6 unspecified atom stereocenters. The molecule has 50 heavy (non-hydrogen) atoms. The molecule has 2 saturated heterocycles. The Balaban J connectivity index is 0.000000270. The second-order valence-electron chi connectivity index (χ2n) is 10.7. The third-order valence-electron chi connectivity index (χ3n) is 7.12. The van der Waals surface area contributed by atoms with E-state index in [0.29, 0.717) is 0 Å². The van der Waals surface area contributed by atoms with Crippen molar-refractivity contribution >= 4 is 17.6 Å². The maximum atomic E-state index is 12.1. The van der Waals surface area contributed by atoms with Gasteiger partial charge in [0, 0.05) is 39.5 Å². The zero-order valence-corrected chi connectivity index (χ0v) is 27.2. The van der Waals surface area contributed by atoms with Crippen LogP contribution in [0.4, 0.5) is 5.82 Å². The molecule has 2 aliphatic rings. The standard InChI is InChI=1S/C15H20N4O6.C15H19N3O7/c1-24-8-11-10(21)5-13(25-11)19-6-9(14(16)18-15(19)23)3-2-4-17-12(22)7-20;1-24-8-11-10(20)5-13(25-11)18-6-9(14(22)17-15(18)23)3-2-4-16-12(21)7-19/h6,10-11,13,20-21H,4-5,7-8H2,1H3,(H,17,22)(H2,16,18,23);6,10-11,13,19-20H,4-5,7-8H2,1H3,(H,16,21)(H,17,22,23). The number of nitrogens with one attached hydrogen (secondary N) is 3. The van der Waals surface area contributed by atoms with Gasteiger partial charge in [-0.3, -0.25) is 28.5 Å². The number of carbonyl (C=O) groups is 2. The lowest BCUT2D eigenvalue weighted by Crippen LogP contribution is -2.34. The van der Waals surface area contributed by atoms with Crippen LogP contribution in [-0.2, 0) is 28.5 Å². The number of hydrogen-bond donors (Lipinski definition) is 8. The normalized spacial score (nSPS) is 22.3. The van der Waals surface area contributed by atoms with Crippen molar-refractivity contribution in [2.75, 3.05) is 59.5 Å². The van der Waals surface area contributed by atoms with Crippen LogP contribution in [0.5, 0.6) is 0 Å². The van der Waals surface area contributed by atoms with E-state index >= 15 is 0 Å². The van der Waals surface area contributed by atoms with Gasteiger partial charge in [-0.2, -0.15) is 4.98 Å². The topological polar surface area (TPSA) is 292 Å². The minimum atomic E-state index is -0.799. The molecule has 4 rings (SSSR count). The summed E-state index contributed by atoms with van der Waals surface area (Å²) in [5.41, 5.74) is 4.01. The van der Waals surface area contributed by atoms with Crippen molar-refractivity contribution in [3.05, 3.63) is 54.8 Å². The first-order chi connectivity index (χ1) is 23.9. The highest BCUT2D eigenvalue weighted by Crippen LogP contribution is 2.29. The number of nitrogens with zero attached hydrogens (tertiary/aromatic N) is 3. The Morgan fingerprint density at radius 2 is 1.38 bits per heavy atom. The number of hydrogen-bond acceptors (Lipinski definition) is 15. The molecule has 0 aliphatic carbocycles. The van der Waals surface area contributed by atoms with Crippen LogP contribution in [0.15, 0.2) is 26.8 Å². The van der Waals surface area contributed by atoms with Crippen molar-refractivity contribution in [3.63, 3.8) is 0 Å². The largest absolute Gasteiger partial charge is 0.390 e. The molecule has 2 fully saturated rings. The summed E-state index contributed by atoms with van der Waals surface area (Å²) in [4.78, 5) is 63.5. The van der Waals surface area contributed by atoms with E-state index in [-0.39, 0.29) is 56.1 Å². The Morgan fingerprint density at radius 3 is 1.88 bits per heavy atom. The van der Waals surface area contributed by atoms with E-state index < -0.39 is 78.8 Å². The Labute approximate surface area is 284 Å².